The fraction of sp³-hybridized carbons (Fsp3) is 0.480. The van der Waals surface area contributed by atoms with E-state index >= 15 is 0 Å². The Bertz CT molecular complexity index is 936. The molecule has 0 aromatic heterocycles. The molecule has 0 fully saturated rings. The highest BCUT2D eigenvalue weighted by Gasteiger charge is 2.36. The summed E-state index contributed by atoms with van der Waals surface area (Å²) in [6, 6.07) is 12.5. The molecule has 2 aromatic rings. The molecule has 1 atom stereocenters. The lowest BCUT2D eigenvalue weighted by atomic mass is 9.69. The van der Waals surface area contributed by atoms with Crippen LogP contribution in [0.2, 0.25) is 0 Å². The Hall–Kier alpha value is -1.25. The molecule has 0 amide bonds. The van der Waals surface area contributed by atoms with Gasteiger partial charge in [-0.05, 0) is 119 Å². The second kappa shape index (κ2) is 12.3. The molecule has 0 aliphatic heterocycles. The number of hydrogen-bond donors (Lipinski definition) is 1. The number of halogens is 2. The first-order valence-corrected chi connectivity index (χ1v) is 12.8. The summed E-state index contributed by atoms with van der Waals surface area (Å²) in [5.41, 5.74) is 1.62. The van der Waals surface area contributed by atoms with E-state index in [2.05, 4.69) is 77.0 Å². The zero-order valence-electron chi connectivity index (χ0n) is 19.4. The molecule has 0 bridgehead atoms. The molecule has 0 aliphatic carbocycles. The quantitative estimate of drug-likeness (QED) is 0.300. The molecule has 2 aromatic carbocycles. The number of phenols is 1. The van der Waals surface area contributed by atoms with Gasteiger partial charge in [0.2, 0.25) is 0 Å². The average Bonchev–Trinajstić information content (AvgIpc) is 2.78. The van der Waals surface area contributed by atoms with Crippen LogP contribution < -0.4 is 9.47 Å². The van der Waals surface area contributed by atoms with E-state index in [1.165, 1.54) is 5.56 Å². The van der Waals surface area contributed by atoms with Gasteiger partial charge < -0.3 is 19.5 Å². The van der Waals surface area contributed by atoms with E-state index in [9.17, 15) is 10.4 Å². The van der Waals surface area contributed by atoms with Gasteiger partial charge in [-0.25, -0.2) is 0 Å². The monoisotopic (exact) mass is 662 g/mol. The van der Waals surface area contributed by atoms with Crippen molar-refractivity contribution in [2.75, 3.05) is 34.4 Å². The smallest absolute Gasteiger partial charge is 0.161 e. The number of methoxy groups -OCH3 is 2. The molecule has 174 valence electrons. The number of likely N-dealkylation sites (N-methyl/N-ethyl adjacent to an activating group) is 1. The van der Waals surface area contributed by atoms with E-state index < -0.39 is 5.41 Å². The SMILES string of the molecule is COc1ccc(C(C#N)(CCCN(C)CCc2cc(I)c(O)c(I)c2)C(C)C)cc1OC. The van der Waals surface area contributed by atoms with Crippen LogP contribution in [0.15, 0.2) is 30.3 Å². The maximum Gasteiger partial charge on any atom is 0.161 e. The van der Waals surface area contributed by atoms with Crippen molar-refractivity contribution in [1.29, 1.82) is 5.26 Å². The maximum atomic E-state index is 10.2. The van der Waals surface area contributed by atoms with E-state index in [1.807, 2.05) is 30.3 Å². The number of nitriles is 1. The van der Waals surface area contributed by atoms with Gasteiger partial charge in [0, 0.05) is 6.54 Å². The molecule has 0 spiro atoms. The predicted molar refractivity (Wildman–Crippen MR) is 146 cm³/mol. The fourth-order valence-electron chi connectivity index (χ4n) is 3.95. The Kier molecular flexibility index (Phi) is 10.4. The first kappa shape index (κ1) is 27.0. The topological polar surface area (TPSA) is 65.7 Å². The van der Waals surface area contributed by atoms with Gasteiger partial charge in [0.15, 0.2) is 11.5 Å². The third-order valence-electron chi connectivity index (χ3n) is 6.05. The molecule has 2 rings (SSSR count). The zero-order valence-corrected chi connectivity index (χ0v) is 23.7. The molecule has 0 radical (unpaired) electrons. The van der Waals surface area contributed by atoms with Crippen molar-refractivity contribution in [1.82, 2.24) is 4.90 Å². The van der Waals surface area contributed by atoms with E-state index in [0.717, 1.165) is 45.1 Å². The summed E-state index contributed by atoms with van der Waals surface area (Å²) in [5.74, 6) is 1.85. The van der Waals surface area contributed by atoms with E-state index in [1.54, 1.807) is 14.2 Å². The average molecular weight is 662 g/mol. The van der Waals surface area contributed by atoms with Crippen LogP contribution in [0.4, 0.5) is 0 Å². The summed E-state index contributed by atoms with van der Waals surface area (Å²) in [5, 5.41) is 20.2. The second-order valence-electron chi connectivity index (χ2n) is 8.37. The molecule has 1 N–H and O–H groups in total. The number of rotatable bonds is 11. The summed E-state index contributed by atoms with van der Waals surface area (Å²) in [7, 11) is 5.36. The minimum absolute atomic E-state index is 0.164. The Morgan fingerprint density at radius 1 is 1.06 bits per heavy atom. The van der Waals surface area contributed by atoms with Gasteiger partial charge in [0.05, 0.1) is 32.8 Å². The normalized spacial score (nSPS) is 13.1. The van der Waals surface area contributed by atoms with Gasteiger partial charge in [-0.1, -0.05) is 19.9 Å². The first-order valence-electron chi connectivity index (χ1n) is 10.7. The van der Waals surface area contributed by atoms with Gasteiger partial charge in [-0.2, -0.15) is 5.26 Å². The number of ether oxygens (including phenoxy) is 2. The number of phenolic OH excluding ortho intramolecular Hbond substituents is 1. The van der Waals surface area contributed by atoms with Crippen LogP contribution in [0.5, 0.6) is 17.2 Å². The second-order valence-corrected chi connectivity index (χ2v) is 10.7. The minimum Gasteiger partial charge on any atom is -0.506 e. The van der Waals surface area contributed by atoms with Crippen molar-refractivity contribution in [3.8, 4) is 23.3 Å². The third-order valence-corrected chi connectivity index (χ3v) is 7.70. The molecule has 5 nitrogen and oxygen atoms in total. The van der Waals surface area contributed by atoms with Crippen LogP contribution in [-0.4, -0.2) is 44.4 Å². The van der Waals surface area contributed by atoms with Crippen molar-refractivity contribution in [2.24, 2.45) is 5.92 Å². The van der Waals surface area contributed by atoms with E-state index in [-0.39, 0.29) is 5.92 Å². The molecule has 0 saturated heterocycles. The summed E-state index contributed by atoms with van der Waals surface area (Å²) in [6.07, 6.45) is 2.61. The lowest BCUT2D eigenvalue weighted by molar-refractivity contribution is 0.292. The Balaban J connectivity index is 2.04. The maximum absolute atomic E-state index is 10.2. The third kappa shape index (κ3) is 6.41. The Morgan fingerprint density at radius 3 is 2.22 bits per heavy atom. The van der Waals surface area contributed by atoms with Crippen LogP contribution >= 0.6 is 45.2 Å². The van der Waals surface area contributed by atoms with Crippen molar-refractivity contribution < 1.29 is 14.6 Å². The first-order chi connectivity index (χ1) is 15.2. The number of hydrogen-bond acceptors (Lipinski definition) is 5. The van der Waals surface area contributed by atoms with Gasteiger partial charge in [-0.15, -0.1) is 0 Å². The molecular weight excluding hydrogens is 630 g/mol. The van der Waals surface area contributed by atoms with Crippen molar-refractivity contribution in [3.05, 3.63) is 48.6 Å². The number of nitrogens with zero attached hydrogens (tertiary/aromatic N) is 2. The highest BCUT2D eigenvalue weighted by Crippen LogP contribution is 2.40. The number of benzene rings is 2. The fourth-order valence-corrected chi connectivity index (χ4v) is 5.85. The van der Waals surface area contributed by atoms with Crippen molar-refractivity contribution in [2.45, 2.75) is 38.5 Å². The van der Waals surface area contributed by atoms with Crippen LogP contribution in [0, 0.1) is 24.4 Å². The van der Waals surface area contributed by atoms with E-state index in [4.69, 9.17) is 9.47 Å². The highest BCUT2D eigenvalue weighted by molar-refractivity contribution is 14.1. The highest BCUT2D eigenvalue weighted by atomic mass is 127. The van der Waals surface area contributed by atoms with Gasteiger partial charge in [-0.3, -0.25) is 0 Å². The lowest BCUT2D eigenvalue weighted by Crippen LogP contribution is -2.32. The van der Waals surface area contributed by atoms with Gasteiger partial charge >= 0.3 is 0 Å². The van der Waals surface area contributed by atoms with Gasteiger partial charge in [0.1, 0.15) is 5.75 Å². The van der Waals surface area contributed by atoms with Crippen molar-refractivity contribution >= 4 is 45.2 Å². The molecular formula is C25H32I2N2O3. The van der Waals surface area contributed by atoms with Crippen LogP contribution in [0.25, 0.3) is 0 Å². The molecule has 0 heterocycles. The summed E-state index contributed by atoms with van der Waals surface area (Å²) in [4.78, 5) is 2.31. The lowest BCUT2D eigenvalue weighted by Gasteiger charge is -2.32. The molecule has 7 heteroatoms. The molecule has 0 aliphatic rings. The number of aromatic hydroxyl groups is 1. The Labute approximate surface area is 219 Å². The van der Waals surface area contributed by atoms with E-state index in [0.29, 0.717) is 17.2 Å². The summed E-state index contributed by atoms with van der Waals surface area (Å²) in [6.45, 7) is 6.06. The van der Waals surface area contributed by atoms with Crippen molar-refractivity contribution in [3.63, 3.8) is 0 Å². The van der Waals surface area contributed by atoms with Crippen LogP contribution in [0.1, 0.15) is 37.8 Å². The van der Waals surface area contributed by atoms with Crippen LogP contribution in [-0.2, 0) is 11.8 Å². The molecule has 0 saturated carbocycles. The standard InChI is InChI=1S/C25H32I2N2O3/c1-17(2)25(16-28,19-7-8-22(31-4)23(15-19)32-5)10-6-11-29(3)12-9-18-13-20(26)24(30)21(27)14-18/h7-8,13-15,17,30H,6,9-12H2,1-5H3. The van der Waals surface area contributed by atoms with Gasteiger partial charge in [0.25, 0.3) is 0 Å². The summed E-state index contributed by atoms with van der Waals surface area (Å²) < 4.78 is 12.6. The predicted octanol–water partition coefficient (Wildman–Crippen LogP) is 5.99. The zero-order chi connectivity index (χ0) is 23.9. The molecule has 32 heavy (non-hydrogen) atoms. The molecule has 1 unspecified atom stereocenters. The largest absolute Gasteiger partial charge is 0.506 e. The van der Waals surface area contributed by atoms with Crippen LogP contribution in [0.3, 0.4) is 0 Å². The Morgan fingerprint density at radius 2 is 1.69 bits per heavy atom. The minimum atomic E-state index is -0.580. The summed E-state index contributed by atoms with van der Waals surface area (Å²) >= 11 is 4.35.